The summed E-state index contributed by atoms with van der Waals surface area (Å²) < 4.78 is 5.58. The molecule has 1 aromatic carbocycles. The van der Waals surface area contributed by atoms with Gasteiger partial charge in [0.2, 0.25) is 0 Å². The third kappa shape index (κ3) is 3.15. The predicted octanol–water partition coefficient (Wildman–Crippen LogP) is 3.14. The van der Waals surface area contributed by atoms with Crippen LogP contribution < -0.4 is 10.6 Å². The predicted molar refractivity (Wildman–Crippen MR) is 85.4 cm³/mol. The summed E-state index contributed by atoms with van der Waals surface area (Å²) in [5.41, 5.74) is 8.53. The molecule has 0 bridgehead atoms. The molecule has 0 spiro atoms. The molecular formula is C17H28N2O. The number of benzene rings is 1. The minimum atomic E-state index is -0.0830. The number of nitrogens with two attached hydrogens (primary N) is 1. The summed E-state index contributed by atoms with van der Waals surface area (Å²) in [6.45, 7) is 8.44. The smallest absolute Gasteiger partial charge is 0.0642 e. The molecule has 112 valence electrons. The number of methoxy groups -OCH3 is 1. The molecule has 0 aliphatic carbocycles. The highest BCUT2D eigenvalue weighted by molar-refractivity contribution is 5.60. The first-order valence-electron chi connectivity index (χ1n) is 7.59. The summed E-state index contributed by atoms with van der Waals surface area (Å²) in [7, 11) is 1.79. The molecule has 0 aromatic heterocycles. The van der Waals surface area contributed by atoms with E-state index in [0.717, 1.165) is 25.9 Å². The molecule has 2 rings (SSSR count). The second-order valence-electron chi connectivity index (χ2n) is 6.50. The average Bonchev–Trinajstić information content (AvgIpc) is 2.78. The van der Waals surface area contributed by atoms with Gasteiger partial charge in [-0.15, -0.1) is 0 Å². The number of nitrogens with zero attached hydrogens (tertiary/aromatic N) is 1. The second kappa shape index (κ2) is 6.15. The van der Waals surface area contributed by atoms with Crippen LogP contribution >= 0.6 is 0 Å². The van der Waals surface area contributed by atoms with Gasteiger partial charge >= 0.3 is 0 Å². The lowest BCUT2D eigenvalue weighted by Crippen LogP contribution is -2.39. The minimum absolute atomic E-state index is 0.0830. The molecule has 1 aromatic rings. The van der Waals surface area contributed by atoms with Crippen LogP contribution in [0.1, 0.15) is 45.1 Å². The number of anilines is 1. The van der Waals surface area contributed by atoms with E-state index in [2.05, 4.69) is 49.9 Å². The molecule has 2 unspecified atom stereocenters. The molecule has 0 saturated carbocycles. The zero-order valence-corrected chi connectivity index (χ0v) is 13.2. The van der Waals surface area contributed by atoms with E-state index in [1.807, 2.05) is 0 Å². The van der Waals surface area contributed by atoms with Crippen molar-refractivity contribution in [3.8, 4) is 0 Å². The molecule has 0 saturated heterocycles. The summed E-state index contributed by atoms with van der Waals surface area (Å²) >= 11 is 0. The second-order valence-corrected chi connectivity index (χ2v) is 6.50. The monoisotopic (exact) mass is 276 g/mol. The lowest BCUT2D eigenvalue weighted by molar-refractivity contribution is 0.0108. The van der Waals surface area contributed by atoms with Gasteiger partial charge in [0.15, 0.2) is 0 Å². The van der Waals surface area contributed by atoms with Crippen molar-refractivity contribution in [1.82, 2.24) is 0 Å². The lowest BCUT2D eigenvalue weighted by atomic mass is 9.98. The van der Waals surface area contributed by atoms with Crippen LogP contribution in [0.5, 0.6) is 0 Å². The maximum absolute atomic E-state index is 5.77. The van der Waals surface area contributed by atoms with Gasteiger partial charge in [-0.1, -0.05) is 18.2 Å². The first-order chi connectivity index (χ1) is 9.48. The number of para-hydroxylation sites is 1. The van der Waals surface area contributed by atoms with Crippen molar-refractivity contribution in [3.05, 3.63) is 29.8 Å². The zero-order valence-electron chi connectivity index (χ0n) is 13.2. The van der Waals surface area contributed by atoms with Crippen LogP contribution in [0.2, 0.25) is 0 Å². The fraction of sp³-hybridized carbons (Fsp3) is 0.647. The maximum Gasteiger partial charge on any atom is 0.0642 e. The molecule has 3 heteroatoms. The van der Waals surface area contributed by atoms with E-state index < -0.39 is 0 Å². The Morgan fingerprint density at radius 1 is 1.40 bits per heavy atom. The highest BCUT2D eigenvalue weighted by atomic mass is 16.5. The summed E-state index contributed by atoms with van der Waals surface area (Å²) in [5, 5.41) is 0. The van der Waals surface area contributed by atoms with Gasteiger partial charge in [-0.25, -0.2) is 0 Å². The Bertz CT molecular complexity index is 444. The van der Waals surface area contributed by atoms with E-state index in [1.165, 1.54) is 11.3 Å². The van der Waals surface area contributed by atoms with Crippen molar-refractivity contribution in [2.45, 2.75) is 51.2 Å². The third-order valence-electron chi connectivity index (χ3n) is 4.49. The highest BCUT2D eigenvalue weighted by Crippen LogP contribution is 2.40. The SMILES string of the molecule is COC(C)(C)CC(C)N1CC(CCN)c2ccccc21. The van der Waals surface area contributed by atoms with Crippen LogP contribution in [0.4, 0.5) is 5.69 Å². The average molecular weight is 276 g/mol. The molecule has 20 heavy (non-hydrogen) atoms. The van der Waals surface area contributed by atoms with Crippen LogP contribution in [0.15, 0.2) is 24.3 Å². The van der Waals surface area contributed by atoms with Crippen molar-refractivity contribution < 1.29 is 4.74 Å². The number of rotatable bonds is 6. The third-order valence-corrected chi connectivity index (χ3v) is 4.49. The number of hydrogen-bond donors (Lipinski definition) is 1. The Labute approximate surface area is 123 Å². The van der Waals surface area contributed by atoms with Gasteiger partial charge in [-0.05, 0) is 51.8 Å². The minimum Gasteiger partial charge on any atom is -0.379 e. The fourth-order valence-electron chi connectivity index (χ4n) is 3.30. The van der Waals surface area contributed by atoms with E-state index >= 15 is 0 Å². The van der Waals surface area contributed by atoms with E-state index in [0.29, 0.717) is 12.0 Å². The van der Waals surface area contributed by atoms with Crippen molar-refractivity contribution in [2.75, 3.05) is 25.1 Å². The van der Waals surface area contributed by atoms with Gasteiger partial charge in [0.05, 0.1) is 5.60 Å². The lowest BCUT2D eigenvalue weighted by Gasteiger charge is -2.34. The fourth-order valence-corrected chi connectivity index (χ4v) is 3.30. The van der Waals surface area contributed by atoms with Gasteiger partial charge < -0.3 is 15.4 Å². The molecule has 2 N–H and O–H groups in total. The molecule has 0 radical (unpaired) electrons. The van der Waals surface area contributed by atoms with Gasteiger partial charge in [0.1, 0.15) is 0 Å². The van der Waals surface area contributed by atoms with E-state index in [-0.39, 0.29) is 5.60 Å². The topological polar surface area (TPSA) is 38.5 Å². The Hall–Kier alpha value is -1.06. The van der Waals surface area contributed by atoms with Crippen LogP contribution in [-0.2, 0) is 4.74 Å². The summed E-state index contributed by atoms with van der Waals surface area (Å²) in [6, 6.07) is 9.22. The first-order valence-corrected chi connectivity index (χ1v) is 7.59. The molecule has 2 atom stereocenters. The summed E-state index contributed by atoms with van der Waals surface area (Å²) in [6.07, 6.45) is 2.08. The quantitative estimate of drug-likeness (QED) is 0.867. The molecule has 1 aliphatic heterocycles. The van der Waals surface area contributed by atoms with Crippen LogP contribution in [-0.4, -0.2) is 31.8 Å². The largest absolute Gasteiger partial charge is 0.379 e. The van der Waals surface area contributed by atoms with Gasteiger partial charge in [0.25, 0.3) is 0 Å². The van der Waals surface area contributed by atoms with Crippen LogP contribution in [0.25, 0.3) is 0 Å². The molecule has 1 aliphatic rings. The van der Waals surface area contributed by atoms with Gasteiger partial charge in [-0.2, -0.15) is 0 Å². The number of fused-ring (bicyclic) bond motifs is 1. The standard InChI is InChI=1S/C17H28N2O/c1-13(11-17(2,3)20-4)19-12-14(9-10-18)15-7-5-6-8-16(15)19/h5-8,13-14H,9-12,18H2,1-4H3. The summed E-state index contributed by atoms with van der Waals surface area (Å²) in [5.74, 6) is 0.573. The first kappa shape index (κ1) is 15.3. The normalized spacial score (nSPS) is 20.1. The number of hydrogen-bond acceptors (Lipinski definition) is 3. The molecule has 1 heterocycles. The molecular weight excluding hydrogens is 248 g/mol. The van der Waals surface area contributed by atoms with Crippen molar-refractivity contribution in [1.29, 1.82) is 0 Å². The van der Waals surface area contributed by atoms with E-state index in [1.54, 1.807) is 7.11 Å². The van der Waals surface area contributed by atoms with E-state index in [4.69, 9.17) is 10.5 Å². The van der Waals surface area contributed by atoms with Crippen molar-refractivity contribution in [3.63, 3.8) is 0 Å². The zero-order chi connectivity index (χ0) is 14.8. The molecule has 3 nitrogen and oxygen atoms in total. The van der Waals surface area contributed by atoms with Gasteiger partial charge in [-0.3, -0.25) is 0 Å². The summed E-state index contributed by atoms with van der Waals surface area (Å²) in [4.78, 5) is 2.52. The molecule has 0 fully saturated rings. The Balaban J connectivity index is 2.17. The Kier molecular flexibility index (Phi) is 4.71. The van der Waals surface area contributed by atoms with Crippen molar-refractivity contribution >= 4 is 5.69 Å². The van der Waals surface area contributed by atoms with Crippen LogP contribution in [0, 0.1) is 0 Å². The maximum atomic E-state index is 5.77. The van der Waals surface area contributed by atoms with Crippen molar-refractivity contribution in [2.24, 2.45) is 5.73 Å². The highest BCUT2D eigenvalue weighted by Gasteiger charge is 2.32. The van der Waals surface area contributed by atoms with Crippen LogP contribution in [0.3, 0.4) is 0 Å². The number of ether oxygens (including phenoxy) is 1. The van der Waals surface area contributed by atoms with E-state index in [9.17, 15) is 0 Å². The molecule has 0 amide bonds. The Morgan fingerprint density at radius 2 is 2.10 bits per heavy atom. The Morgan fingerprint density at radius 3 is 2.75 bits per heavy atom. The van der Waals surface area contributed by atoms with Gasteiger partial charge in [0, 0.05) is 31.3 Å².